The van der Waals surface area contributed by atoms with Gasteiger partial charge in [0.05, 0.1) is 0 Å². The topological polar surface area (TPSA) is 55.4 Å². The van der Waals surface area contributed by atoms with Crippen LogP contribution in [0.3, 0.4) is 0 Å². The summed E-state index contributed by atoms with van der Waals surface area (Å²) < 4.78 is 5.33. The molecule has 2 aliphatic rings. The van der Waals surface area contributed by atoms with Crippen molar-refractivity contribution in [1.82, 2.24) is 0 Å². The molecule has 0 unspecified atom stereocenters. The molecule has 21 heavy (non-hydrogen) atoms. The summed E-state index contributed by atoms with van der Waals surface area (Å²) >= 11 is 0. The summed E-state index contributed by atoms with van der Waals surface area (Å²) in [5.74, 6) is 1.31. The minimum atomic E-state index is -0.295. The van der Waals surface area contributed by atoms with Crippen molar-refractivity contribution in [3.05, 3.63) is 35.9 Å². The van der Waals surface area contributed by atoms with E-state index in [1.54, 1.807) is 30.3 Å². The summed E-state index contributed by atoms with van der Waals surface area (Å²) in [5, 5.41) is 2.67. The summed E-state index contributed by atoms with van der Waals surface area (Å²) in [5.41, 5.74) is 1.98. The Morgan fingerprint density at radius 1 is 1.10 bits per heavy atom. The molecule has 0 spiro atoms. The van der Waals surface area contributed by atoms with Gasteiger partial charge in [0.2, 0.25) is 5.91 Å². The standard InChI is InChI=1S/C17H19NO3/c1-11(19)18-14-6-8-15(9-7-14)21-17(20)10-16(12-2-3-12)13-4-5-13/h6-10,12-13H,2-5H2,1H3,(H,18,19). The van der Waals surface area contributed by atoms with E-state index in [-0.39, 0.29) is 11.9 Å². The number of rotatable bonds is 5. The van der Waals surface area contributed by atoms with E-state index in [4.69, 9.17) is 4.74 Å². The van der Waals surface area contributed by atoms with Gasteiger partial charge in [0, 0.05) is 18.7 Å². The van der Waals surface area contributed by atoms with E-state index in [2.05, 4.69) is 5.32 Å². The third kappa shape index (κ3) is 3.94. The number of anilines is 1. The lowest BCUT2D eigenvalue weighted by Crippen LogP contribution is -2.08. The van der Waals surface area contributed by atoms with Gasteiger partial charge in [0.1, 0.15) is 5.75 Å². The van der Waals surface area contributed by atoms with Gasteiger partial charge in [-0.3, -0.25) is 4.79 Å². The van der Waals surface area contributed by atoms with E-state index >= 15 is 0 Å². The number of nitrogens with one attached hydrogen (secondary N) is 1. The summed E-state index contributed by atoms with van der Waals surface area (Å²) in [6, 6.07) is 6.81. The van der Waals surface area contributed by atoms with Crippen LogP contribution in [0.4, 0.5) is 5.69 Å². The number of amides is 1. The second-order valence-electron chi connectivity index (χ2n) is 5.82. The lowest BCUT2D eigenvalue weighted by atomic mass is 10.1. The first-order valence-electron chi connectivity index (χ1n) is 7.43. The Kier molecular flexibility index (Phi) is 3.78. The molecule has 2 saturated carbocycles. The zero-order valence-corrected chi connectivity index (χ0v) is 12.1. The fraction of sp³-hybridized carbons (Fsp3) is 0.412. The van der Waals surface area contributed by atoms with Gasteiger partial charge in [0.25, 0.3) is 0 Å². The Morgan fingerprint density at radius 3 is 2.14 bits per heavy atom. The Morgan fingerprint density at radius 2 is 1.67 bits per heavy atom. The summed E-state index contributed by atoms with van der Waals surface area (Å²) in [6.07, 6.45) is 6.53. The van der Waals surface area contributed by atoms with Gasteiger partial charge in [-0.1, -0.05) is 5.57 Å². The van der Waals surface area contributed by atoms with Gasteiger partial charge in [-0.05, 0) is 61.8 Å². The molecule has 1 aromatic carbocycles. The molecule has 4 heteroatoms. The van der Waals surface area contributed by atoms with Crippen LogP contribution in [0.5, 0.6) is 5.75 Å². The van der Waals surface area contributed by atoms with Crippen LogP contribution >= 0.6 is 0 Å². The molecule has 4 nitrogen and oxygen atoms in total. The van der Waals surface area contributed by atoms with Crippen molar-refractivity contribution in [2.24, 2.45) is 11.8 Å². The molecular formula is C17H19NO3. The summed E-state index contributed by atoms with van der Waals surface area (Å²) in [4.78, 5) is 22.9. The molecule has 1 N–H and O–H groups in total. The molecule has 0 heterocycles. The largest absolute Gasteiger partial charge is 0.423 e. The van der Waals surface area contributed by atoms with Crippen LogP contribution in [-0.4, -0.2) is 11.9 Å². The molecule has 0 radical (unpaired) electrons. The Balaban J connectivity index is 1.61. The Hall–Kier alpha value is -2.10. The summed E-state index contributed by atoms with van der Waals surface area (Å²) in [7, 11) is 0. The molecule has 2 fully saturated rings. The highest BCUT2D eigenvalue weighted by Crippen LogP contribution is 2.48. The van der Waals surface area contributed by atoms with Crippen molar-refractivity contribution in [3.8, 4) is 5.75 Å². The van der Waals surface area contributed by atoms with Crippen LogP contribution in [0, 0.1) is 11.8 Å². The van der Waals surface area contributed by atoms with Crippen molar-refractivity contribution < 1.29 is 14.3 Å². The van der Waals surface area contributed by atoms with Crippen LogP contribution in [0.2, 0.25) is 0 Å². The smallest absolute Gasteiger partial charge is 0.336 e. The van der Waals surface area contributed by atoms with Crippen molar-refractivity contribution >= 4 is 17.6 Å². The third-order valence-corrected chi connectivity index (χ3v) is 3.78. The molecule has 0 aromatic heterocycles. The van der Waals surface area contributed by atoms with E-state index in [0.29, 0.717) is 23.3 Å². The average Bonchev–Trinajstić information content (AvgIpc) is 3.30. The molecule has 0 atom stereocenters. The molecular weight excluding hydrogens is 266 g/mol. The second-order valence-corrected chi connectivity index (χ2v) is 5.82. The van der Waals surface area contributed by atoms with Crippen molar-refractivity contribution in [2.45, 2.75) is 32.6 Å². The van der Waals surface area contributed by atoms with E-state index < -0.39 is 0 Å². The fourth-order valence-corrected chi connectivity index (χ4v) is 2.49. The van der Waals surface area contributed by atoms with Crippen LogP contribution in [-0.2, 0) is 9.59 Å². The molecule has 0 saturated heterocycles. The van der Waals surface area contributed by atoms with Crippen LogP contribution in [0.25, 0.3) is 0 Å². The van der Waals surface area contributed by atoms with E-state index in [9.17, 15) is 9.59 Å². The Bertz CT molecular complexity index is 567. The number of carbonyl (C=O) groups excluding carboxylic acids is 2. The lowest BCUT2D eigenvalue weighted by molar-refractivity contribution is -0.129. The SMILES string of the molecule is CC(=O)Nc1ccc(OC(=O)C=C(C2CC2)C2CC2)cc1. The van der Waals surface area contributed by atoms with E-state index in [0.717, 1.165) is 0 Å². The molecule has 0 aliphatic heterocycles. The van der Waals surface area contributed by atoms with Crippen molar-refractivity contribution in [2.75, 3.05) is 5.32 Å². The van der Waals surface area contributed by atoms with Gasteiger partial charge in [-0.15, -0.1) is 0 Å². The number of esters is 1. The second kappa shape index (κ2) is 5.72. The maximum atomic E-state index is 12.0. The van der Waals surface area contributed by atoms with E-state index in [1.807, 2.05) is 0 Å². The van der Waals surface area contributed by atoms with Crippen molar-refractivity contribution in [1.29, 1.82) is 0 Å². The van der Waals surface area contributed by atoms with Crippen LogP contribution in [0.1, 0.15) is 32.6 Å². The van der Waals surface area contributed by atoms with Gasteiger partial charge in [0.15, 0.2) is 0 Å². The Labute approximate surface area is 124 Å². The third-order valence-electron chi connectivity index (χ3n) is 3.78. The van der Waals surface area contributed by atoms with Gasteiger partial charge in [-0.2, -0.15) is 0 Å². The van der Waals surface area contributed by atoms with Gasteiger partial charge >= 0.3 is 5.97 Å². The van der Waals surface area contributed by atoms with E-state index in [1.165, 1.54) is 38.2 Å². The number of allylic oxidation sites excluding steroid dienone is 1. The minimum absolute atomic E-state index is 0.124. The first-order chi connectivity index (χ1) is 10.1. The zero-order valence-electron chi connectivity index (χ0n) is 12.1. The number of hydrogen-bond acceptors (Lipinski definition) is 3. The monoisotopic (exact) mass is 285 g/mol. The average molecular weight is 285 g/mol. The van der Waals surface area contributed by atoms with Crippen molar-refractivity contribution in [3.63, 3.8) is 0 Å². The maximum Gasteiger partial charge on any atom is 0.336 e. The molecule has 1 aromatic rings. The number of carbonyl (C=O) groups is 2. The zero-order chi connectivity index (χ0) is 14.8. The maximum absolute atomic E-state index is 12.0. The number of ether oxygens (including phenoxy) is 1. The fourth-order valence-electron chi connectivity index (χ4n) is 2.49. The lowest BCUT2D eigenvalue weighted by Gasteiger charge is -2.06. The summed E-state index contributed by atoms with van der Waals surface area (Å²) in [6.45, 7) is 1.45. The molecule has 110 valence electrons. The van der Waals surface area contributed by atoms with Crippen LogP contribution < -0.4 is 10.1 Å². The van der Waals surface area contributed by atoms with Gasteiger partial charge < -0.3 is 10.1 Å². The van der Waals surface area contributed by atoms with Crippen LogP contribution in [0.15, 0.2) is 35.9 Å². The highest BCUT2D eigenvalue weighted by molar-refractivity contribution is 5.89. The quantitative estimate of drug-likeness (QED) is 0.513. The molecule has 3 rings (SSSR count). The highest BCUT2D eigenvalue weighted by Gasteiger charge is 2.36. The molecule has 0 bridgehead atoms. The predicted octanol–water partition coefficient (Wildman–Crippen LogP) is 3.30. The highest BCUT2D eigenvalue weighted by atomic mass is 16.5. The normalized spacial score (nSPS) is 17.0. The number of hydrogen-bond donors (Lipinski definition) is 1. The first kappa shape index (κ1) is 13.9. The first-order valence-corrected chi connectivity index (χ1v) is 7.43. The molecule has 2 aliphatic carbocycles. The van der Waals surface area contributed by atoms with Gasteiger partial charge in [-0.25, -0.2) is 4.79 Å². The number of benzene rings is 1. The predicted molar refractivity (Wildman–Crippen MR) is 79.9 cm³/mol. The molecule has 1 amide bonds. The minimum Gasteiger partial charge on any atom is -0.423 e.